The van der Waals surface area contributed by atoms with Crippen LogP contribution in [0, 0.1) is 5.92 Å². The maximum absolute atomic E-state index is 11.7. The Bertz CT molecular complexity index is 390. The third kappa shape index (κ3) is 4.68. The first-order chi connectivity index (χ1) is 8.40. The Morgan fingerprint density at radius 3 is 2.44 bits per heavy atom. The van der Waals surface area contributed by atoms with Gasteiger partial charge in [-0.1, -0.05) is 39.5 Å². The van der Waals surface area contributed by atoms with Crippen LogP contribution < -0.4 is 5.32 Å². The summed E-state index contributed by atoms with van der Waals surface area (Å²) in [5, 5.41) is 11.2. The number of nitrogens with zero attached hydrogens (tertiary/aromatic N) is 2. The van der Waals surface area contributed by atoms with Crippen LogP contribution in [0.4, 0.5) is 0 Å². The van der Waals surface area contributed by atoms with E-state index in [1.807, 2.05) is 20.8 Å². The van der Waals surface area contributed by atoms with Crippen molar-refractivity contribution in [2.45, 2.75) is 51.8 Å². The highest BCUT2D eigenvalue weighted by Crippen LogP contribution is 2.19. The molecule has 0 saturated carbocycles. The van der Waals surface area contributed by atoms with Crippen LogP contribution in [-0.4, -0.2) is 27.9 Å². The second kappa shape index (κ2) is 6.78. The first-order valence-electron chi connectivity index (χ1n) is 6.15. The van der Waals surface area contributed by atoms with E-state index in [2.05, 4.69) is 29.4 Å². The summed E-state index contributed by atoms with van der Waals surface area (Å²) in [5.74, 6) is 1.53. The molecule has 1 heterocycles. The molecule has 102 valence electrons. The van der Waals surface area contributed by atoms with E-state index >= 15 is 0 Å². The lowest BCUT2D eigenvalue weighted by molar-refractivity contribution is -0.119. The average molecular weight is 271 g/mol. The summed E-state index contributed by atoms with van der Waals surface area (Å²) in [6.07, 6.45) is 0. The fourth-order valence-corrected chi connectivity index (χ4v) is 1.68. The predicted molar refractivity (Wildman–Crippen MR) is 71.6 cm³/mol. The normalized spacial score (nSPS) is 13.1. The second-order valence-corrected chi connectivity index (χ2v) is 5.88. The number of nitrogens with one attached hydrogen (secondary N) is 1. The maximum atomic E-state index is 11.7. The number of carbonyl (C=O) groups is 1. The molecule has 1 atom stereocenters. The fraction of sp³-hybridized carbons (Fsp3) is 0.750. The molecule has 0 aliphatic carbocycles. The largest absolute Gasteiger partial charge is 0.416 e. The van der Waals surface area contributed by atoms with Gasteiger partial charge in [-0.2, -0.15) is 0 Å². The zero-order valence-corrected chi connectivity index (χ0v) is 12.4. The number of amides is 1. The van der Waals surface area contributed by atoms with Gasteiger partial charge in [0.25, 0.3) is 5.22 Å². The highest BCUT2D eigenvalue weighted by atomic mass is 32.2. The quantitative estimate of drug-likeness (QED) is 0.805. The number of aromatic nitrogens is 2. The minimum Gasteiger partial charge on any atom is -0.416 e. The van der Waals surface area contributed by atoms with Gasteiger partial charge in [-0.15, -0.1) is 10.2 Å². The van der Waals surface area contributed by atoms with Gasteiger partial charge in [0.1, 0.15) is 0 Å². The van der Waals surface area contributed by atoms with Crippen molar-refractivity contribution >= 4 is 17.7 Å². The minimum absolute atomic E-state index is 0.00880. The van der Waals surface area contributed by atoms with Crippen LogP contribution in [0.15, 0.2) is 9.64 Å². The fourth-order valence-electron chi connectivity index (χ4n) is 1.10. The van der Waals surface area contributed by atoms with Gasteiger partial charge in [0.15, 0.2) is 0 Å². The zero-order chi connectivity index (χ0) is 13.7. The summed E-state index contributed by atoms with van der Waals surface area (Å²) in [6, 6.07) is 0.173. The molecule has 1 aromatic rings. The summed E-state index contributed by atoms with van der Waals surface area (Å²) >= 11 is 1.27. The summed E-state index contributed by atoms with van der Waals surface area (Å²) in [4.78, 5) is 11.7. The van der Waals surface area contributed by atoms with Crippen LogP contribution in [0.25, 0.3) is 0 Å². The number of hydrogen-bond donors (Lipinski definition) is 1. The highest BCUT2D eigenvalue weighted by Gasteiger charge is 2.14. The maximum Gasteiger partial charge on any atom is 0.277 e. The van der Waals surface area contributed by atoms with Gasteiger partial charge in [0.05, 0.1) is 5.75 Å². The molecule has 0 radical (unpaired) electrons. The molecule has 0 aromatic carbocycles. The number of rotatable bonds is 6. The standard InChI is InChI=1S/C12H21N3O2S/c1-7(2)9(5)13-10(16)6-18-12-15-14-11(17-12)8(3)4/h7-9H,6H2,1-5H3,(H,13,16)/t9-/m0/s1. The van der Waals surface area contributed by atoms with Gasteiger partial charge < -0.3 is 9.73 Å². The molecular formula is C12H21N3O2S. The first kappa shape index (κ1) is 15.0. The molecular weight excluding hydrogens is 250 g/mol. The molecule has 0 bridgehead atoms. The van der Waals surface area contributed by atoms with E-state index in [4.69, 9.17) is 4.42 Å². The Kier molecular flexibility index (Phi) is 5.65. The van der Waals surface area contributed by atoms with E-state index in [0.717, 1.165) is 0 Å². The molecule has 5 nitrogen and oxygen atoms in total. The first-order valence-corrected chi connectivity index (χ1v) is 7.14. The van der Waals surface area contributed by atoms with E-state index in [0.29, 0.717) is 22.8 Å². The molecule has 1 rings (SSSR count). The topological polar surface area (TPSA) is 68.0 Å². The third-order valence-corrected chi connectivity index (χ3v) is 3.45. The smallest absolute Gasteiger partial charge is 0.277 e. The molecule has 0 saturated heterocycles. The molecule has 1 N–H and O–H groups in total. The van der Waals surface area contributed by atoms with Crippen molar-refractivity contribution in [1.82, 2.24) is 15.5 Å². The second-order valence-electron chi connectivity index (χ2n) is 4.95. The van der Waals surface area contributed by atoms with Crippen molar-refractivity contribution in [3.8, 4) is 0 Å². The lowest BCUT2D eigenvalue weighted by Gasteiger charge is -2.16. The predicted octanol–water partition coefficient (Wildman–Crippen LogP) is 2.45. The monoisotopic (exact) mass is 271 g/mol. The van der Waals surface area contributed by atoms with Crippen molar-refractivity contribution in [2.24, 2.45) is 5.92 Å². The summed E-state index contributed by atoms with van der Waals surface area (Å²) in [5.41, 5.74) is 0. The summed E-state index contributed by atoms with van der Waals surface area (Å²) < 4.78 is 5.41. The Hall–Kier alpha value is -1.04. The molecule has 6 heteroatoms. The minimum atomic E-state index is -0.00880. The zero-order valence-electron chi connectivity index (χ0n) is 11.6. The van der Waals surface area contributed by atoms with Gasteiger partial charge in [0.2, 0.25) is 11.8 Å². The Morgan fingerprint density at radius 1 is 1.28 bits per heavy atom. The molecule has 0 spiro atoms. The Labute approximate surface area is 112 Å². The third-order valence-electron chi connectivity index (χ3n) is 2.63. The molecule has 0 aliphatic rings. The van der Waals surface area contributed by atoms with E-state index in [1.54, 1.807) is 0 Å². The van der Waals surface area contributed by atoms with Crippen molar-refractivity contribution in [1.29, 1.82) is 0 Å². The van der Waals surface area contributed by atoms with E-state index in [9.17, 15) is 4.79 Å². The van der Waals surface area contributed by atoms with Crippen molar-refractivity contribution in [2.75, 3.05) is 5.75 Å². The van der Waals surface area contributed by atoms with Crippen molar-refractivity contribution < 1.29 is 9.21 Å². The van der Waals surface area contributed by atoms with Crippen LogP contribution >= 0.6 is 11.8 Å². The Balaban J connectivity index is 2.38. The SMILES string of the molecule is CC(C)c1nnc(SCC(=O)N[C@@H](C)C(C)C)o1. The van der Waals surface area contributed by atoms with Gasteiger partial charge in [-0.3, -0.25) is 4.79 Å². The van der Waals surface area contributed by atoms with Gasteiger partial charge in [-0.25, -0.2) is 0 Å². The van der Waals surface area contributed by atoms with E-state index in [1.165, 1.54) is 11.8 Å². The van der Waals surface area contributed by atoms with E-state index < -0.39 is 0 Å². The van der Waals surface area contributed by atoms with Crippen LogP contribution in [0.5, 0.6) is 0 Å². The average Bonchev–Trinajstić information content (AvgIpc) is 2.74. The molecule has 1 aromatic heterocycles. The molecule has 1 amide bonds. The number of thioether (sulfide) groups is 1. The van der Waals surface area contributed by atoms with Crippen LogP contribution in [-0.2, 0) is 4.79 Å². The Morgan fingerprint density at radius 2 is 1.94 bits per heavy atom. The van der Waals surface area contributed by atoms with Crippen molar-refractivity contribution in [3.05, 3.63) is 5.89 Å². The number of carbonyl (C=O) groups excluding carboxylic acids is 1. The lowest BCUT2D eigenvalue weighted by Crippen LogP contribution is -2.37. The van der Waals surface area contributed by atoms with Crippen LogP contribution in [0.3, 0.4) is 0 Å². The summed E-state index contributed by atoms with van der Waals surface area (Å²) in [7, 11) is 0. The highest BCUT2D eigenvalue weighted by molar-refractivity contribution is 7.99. The van der Waals surface area contributed by atoms with Crippen LogP contribution in [0.2, 0.25) is 0 Å². The molecule has 18 heavy (non-hydrogen) atoms. The molecule has 0 unspecified atom stereocenters. The molecule has 0 aliphatic heterocycles. The van der Waals surface area contributed by atoms with Gasteiger partial charge >= 0.3 is 0 Å². The van der Waals surface area contributed by atoms with Gasteiger partial charge in [-0.05, 0) is 12.8 Å². The van der Waals surface area contributed by atoms with Gasteiger partial charge in [0, 0.05) is 12.0 Å². The lowest BCUT2D eigenvalue weighted by atomic mass is 10.1. The number of hydrogen-bond acceptors (Lipinski definition) is 5. The van der Waals surface area contributed by atoms with E-state index in [-0.39, 0.29) is 17.9 Å². The molecule has 0 fully saturated rings. The van der Waals surface area contributed by atoms with Crippen LogP contribution in [0.1, 0.15) is 46.4 Å². The van der Waals surface area contributed by atoms with Crippen molar-refractivity contribution in [3.63, 3.8) is 0 Å². The summed E-state index contributed by atoms with van der Waals surface area (Å²) in [6.45, 7) is 10.1.